The molecule has 0 aliphatic carbocycles. The number of hydrogen-bond acceptors (Lipinski definition) is 6. The number of hydrogen-bond donors (Lipinski definition) is 0. The number of allylic oxidation sites excluding steroid dienone is 10. The van der Waals surface area contributed by atoms with Crippen LogP contribution in [0.5, 0.6) is 0 Å². The Labute approximate surface area is 396 Å². The number of unbranched alkanes of at least 4 members (excludes halogenated alkanes) is 29. The van der Waals surface area contributed by atoms with Crippen LogP contribution in [0.3, 0.4) is 0 Å². The molecular weight excluding hydrogens is 793 g/mol. The highest BCUT2D eigenvalue weighted by Crippen LogP contribution is 2.15. The van der Waals surface area contributed by atoms with Crippen LogP contribution >= 0.6 is 0 Å². The van der Waals surface area contributed by atoms with E-state index in [0.717, 1.165) is 83.5 Å². The molecule has 0 aromatic heterocycles. The summed E-state index contributed by atoms with van der Waals surface area (Å²) in [5.74, 6) is -0.898. The van der Waals surface area contributed by atoms with Crippen LogP contribution in [0.1, 0.15) is 271 Å². The number of carbonyl (C=O) groups excluding carboxylic acids is 3. The van der Waals surface area contributed by atoms with E-state index in [0.29, 0.717) is 19.3 Å². The van der Waals surface area contributed by atoms with E-state index in [1.54, 1.807) is 0 Å². The van der Waals surface area contributed by atoms with Gasteiger partial charge in [-0.15, -0.1) is 0 Å². The average molecular weight is 895 g/mol. The van der Waals surface area contributed by atoms with Crippen molar-refractivity contribution in [1.29, 1.82) is 0 Å². The van der Waals surface area contributed by atoms with E-state index >= 15 is 0 Å². The van der Waals surface area contributed by atoms with Crippen molar-refractivity contribution < 1.29 is 28.6 Å². The Balaban J connectivity index is 4.35. The lowest BCUT2D eigenvalue weighted by Gasteiger charge is -2.18. The third-order valence-electron chi connectivity index (χ3n) is 11.8. The normalized spacial score (nSPS) is 12.5. The molecule has 1 unspecified atom stereocenters. The standard InChI is InChI=1S/C58H102O6/c1-4-7-10-13-16-19-22-25-27-28-29-30-32-33-36-39-42-45-48-51-57(60)63-54-55(53-62-56(59)50-47-44-41-38-35-24-21-18-15-12-9-6-3)64-58(61)52-49-46-43-40-37-34-31-26-23-20-17-14-11-8-5-2/h9,12,16,18-23,25,55H,4-8,10-11,13-15,17,24,26-54H2,1-3H3/b12-9-,19-16-,21-18-,23-20-,25-22-. The van der Waals surface area contributed by atoms with Crippen LogP contribution < -0.4 is 0 Å². The minimum Gasteiger partial charge on any atom is -0.462 e. The molecule has 6 nitrogen and oxygen atoms in total. The van der Waals surface area contributed by atoms with Gasteiger partial charge in [0.15, 0.2) is 6.10 Å². The molecule has 370 valence electrons. The van der Waals surface area contributed by atoms with Crippen LogP contribution in [-0.2, 0) is 28.6 Å². The molecular formula is C58H102O6. The van der Waals surface area contributed by atoms with Crippen molar-refractivity contribution in [3.63, 3.8) is 0 Å². The first-order valence-electron chi connectivity index (χ1n) is 27.3. The molecule has 6 heteroatoms. The van der Waals surface area contributed by atoms with Gasteiger partial charge in [0.1, 0.15) is 13.2 Å². The molecule has 0 fully saturated rings. The maximum atomic E-state index is 12.8. The highest BCUT2D eigenvalue weighted by atomic mass is 16.6. The smallest absolute Gasteiger partial charge is 0.306 e. The highest BCUT2D eigenvalue weighted by Gasteiger charge is 2.19. The first-order valence-corrected chi connectivity index (χ1v) is 27.3. The lowest BCUT2D eigenvalue weighted by molar-refractivity contribution is -0.167. The van der Waals surface area contributed by atoms with Gasteiger partial charge in [0.2, 0.25) is 0 Å². The molecule has 0 rings (SSSR count). The number of rotatable bonds is 49. The van der Waals surface area contributed by atoms with Crippen molar-refractivity contribution in [3.8, 4) is 0 Å². The second kappa shape index (κ2) is 52.7. The molecule has 64 heavy (non-hydrogen) atoms. The predicted molar refractivity (Wildman–Crippen MR) is 275 cm³/mol. The van der Waals surface area contributed by atoms with Crippen molar-refractivity contribution in [3.05, 3.63) is 60.8 Å². The van der Waals surface area contributed by atoms with Crippen LogP contribution in [0.4, 0.5) is 0 Å². The zero-order chi connectivity index (χ0) is 46.5. The fourth-order valence-electron chi connectivity index (χ4n) is 7.64. The van der Waals surface area contributed by atoms with E-state index in [1.807, 2.05) is 0 Å². The maximum absolute atomic E-state index is 12.8. The molecule has 0 heterocycles. The average Bonchev–Trinajstić information content (AvgIpc) is 3.29. The summed E-state index contributed by atoms with van der Waals surface area (Å²) < 4.78 is 16.8. The molecule has 0 saturated carbocycles. The van der Waals surface area contributed by atoms with E-state index in [2.05, 4.69) is 81.5 Å². The van der Waals surface area contributed by atoms with Gasteiger partial charge in [0.05, 0.1) is 0 Å². The topological polar surface area (TPSA) is 78.9 Å². The summed E-state index contributed by atoms with van der Waals surface area (Å²) in [7, 11) is 0. The molecule has 0 N–H and O–H groups in total. The Hall–Kier alpha value is -2.89. The molecule has 0 aromatic carbocycles. The van der Waals surface area contributed by atoms with Crippen molar-refractivity contribution in [2.24, 2.45) is 0 Å². The fraction of sp³-hybridized carbons (Fsp3) is 0.776. The van der Waals surface area contributed by atoms with E-state index < -0.39 is 6.10 Å². The summed E-state index contributed by atoms with van der Waals surface area (Å²) >= 11 is 0. The third-order valence-corrected chi connectivity index (χ3v) is 11.8. The Morgan fingerprint density at radius 3 is 1.08 bits per heavy atom. The summed E-state index contributed by atoms with van der Waals surface area (Å²) in [5, 5.41) is 0. The molecule has 0 aliphatic rings. The van der Waals surface area contributed by atoms with Crippen LogP contribution in [0.15, 0.2) is 60.8 Å². The summed E-state index contributed by atoms with van der Waals surface area (Å²) in [6.45, 7) is 6.49. The van der Waals surface area contributed by atoms with Gasteiger partial charge < -0.3 is 14.2 Å². The lowest BCUT2D eigenvalue weighted by Crippen LogP contribution is -2.30. The fourth-order valence-corrected chi connectivity index (χ4v) is 7.64. The molecule has 0 aromatic rings. The number of carbonyl (C=O) groups is 3. The lowest BCUT2D eigenvalue weighted by atomic mass is 10.1. The molecule has 0 amide bonds. The van der Waals surface area contributed by atoms with E-state index in [-0.39, 0.29) is 31.1 Å². The van der Waals surface area contributed by atoms with Crippen LogP contribution in [0.25, 0.3) is 0 Å². The van der Waals surface area contributed by atoms with Crippen LogP contribution in [-0.4, -0.2) is 37.2 Å². The van der Waals surface area contributed by atoms with Crippen LogP contribution in [0.2, 0.25) is 0 Å². The largest absolute Gasteiger partial charge is 0.462 e. The van der Waals surface area contributed by atoms with Crippen molar-refractivity contribution >= 4 is 17.9 Å². The molecule has 0 bridgehead atoms. The van der Waals surface area contributed by atoms with Gasteiger partial charge in [0.25, 0.3) is 0 Å². The molecule has 1 atom stereocenters. The maximum Gasteiger partial charge on any atom is 0.306 e. The van der Waals surface area contributed by atoms with Crippen molar-refractivity contribution in [1.82, 2.24) is 0 Å². The SMILES string of the molecule is CC/C=C\C/C=C\CCCCCCCC(=O)OCC(COC(=O)CCCCCCCCCCCC/C=C\C=C/CCCCC)OC(=O)CCCCCCCCC/C=C\CCCCCC. The molecule has 0 aliphatic heterocycles. The van der Waals surface area contributed by atoms with Gasteiger partial charge in [-0.1, -0.05) is 216 Å². The summed E-state index contributed by atoms with van der Waals surface area (Å²) in [4.78, 5) is 38.0. The van der Waals surface area contributed by atoms with Gasteiger partial charge >= 0.3 is 17.9 Å². The summed E-state index contributed by atoms with van der Waals surface area (Å²) in [6.07, 6.45) is 64.9. The van der Waals surface area contributed by atoms with Gasteiger partial charge in [-0.3, -0.25) is 14.4 Å². The Morgan fingerprint density at radius 1 is 0.344 bits per heavy atom. The zero-order valence-electron chi connectivity index (χ0n) is 42.3. The summed E-state index contributed by atoms with van der Waals surface area (Å²) in [6, 6.07) is 0. The zero-order valence-corrected chi connectivity index (χ0v) is 42.3. The van der Waals surface area contributed by atoms with E-state index in [1.165, 1.54) is 148 Å². The number of esters is 3. The van der Waals surface area contributed by atoms with Crippen LogP contribution in [0, 0.1) is 0 Å². The predicted octanol–water partition coefficient (Wildman–Crippen LogP) is 18.0. The third kappa shape index (κ3) is 50.1. The second-order valence-corrected chi connectivity index (χ2v) is 18.1. The molecule has 0 saturated heterocycles. The number of ether oxygens (including phenoxy) is 3. The highest BCUT2D eigenvalue weighted by molar-refractivity contribution is 5.71. The Kier molecular flexibility index (Phi) is 50.4. The van der Waals surface area contributed by atoms with Gasteiger partial charge in [0, 0.05) is 19.3 Å². The van der Waals surface area contributed by atoms with Gasteiger partial charge in [-0.05, 0) is 96.3 Å². The van der Waals surface area contributed by atoms with Gasteiger partial charge in [-0.2, -0.15) is 0 Å². The minimum absolute atomic E-state index is 0.0816. The van der Waals surface area contributed by atoms with Gasteiger partial charge in [-0.25, -0.2) is 0 Å². The quantitative estimate of drug-likeness (QED) is 0.0199. The second-order valence-electron chi connectivity index (χ2n) is 18.1. The minimum atomic E-state index is -0.782. The first kappa shape index (κ1) is 61.1. The Morgan fingerprint density at radius 2 is 0.656 bits per heavy atom. The van der Waals surface area contributed by atoms with E-state index in [4.69, 9.17) is 14.2 Å². The van der Waals surface area contributed by atoms with E-state index in [9.17, 15) is 14.4 Å². The molecule has 0 spiro atoms. The monoisotopic (exact) mass is 895 g/mol. The summed E-state index contributed by atoms with van der Waals surface area (Å²) in [5.41, 5.74) is 0. The Bertz CT molecular complexity index is 1170. The van der Waals surface area contributed by atoms with Crippen molar-refractivity contribution in [2.75, 3.05) is 13.2 Å². The first-order chi connectivity index (χ1) is 31.5. The molecule has 0 radical (unpaired) electrons. The van der Waals surface area contributed by atoms with Crippen molar-refractivity contribution in [2.45, 2.75) is 277 Å².